The Morgan fingerprint density at radius 3 is 2.89 bits per heavy atom. The van der Waals surface area contributed by atoms with Crippen LogP contribution in [-0.2, 0) is 4.79 Å². The molecule has 0 aromatic carbocycles. The van der Waals surface area contributed by atoms with Crippen LogP contribution in [0.1, 0.15) is 32.6 Å². The van der Waals surface area contributed by atoms with Gasteiger partial charge in [-0.05, 0) is 19.3 Å². The van der Waals surface area contributed by atoms with E-state index in [4.69, 9.17) is 5.26 Å². The summed E-state index contributed by atoms with van der Waals surface area (Å²) in [6, 6.07) is 1.50. The van der Waals surface area contributed by atoms with Crippen molar-refractivity contribution in [3.63, 3.8) is 0 Å². The molecule has 2 aliphatic rings. The van der Waals surface area contributed by atoms with Crippen LogP contribution in [0.3, 0.4) is 0 Å². The molecule has 0 aromatic heterocycles. The van der Waals surface area contributed by atoms with Crippen molar-refractivity contribution in [3.8, 4) is 6.07 Å². The Labute approximate surface area is 111 Å². The Balaban J connectivity index is 2.22. The molecule has 1 amide bonds. The summed E-state index contributed by atoms with van der Waals surface area (Å²) in [5.41, 5.74) is -0.613. The maximum Gasteiger partial charge on any atom is 0.277 e. The Bertz CT molecular complexity index is 480. The lowest BCUT2D eigenvalue weighted by Gasteiger charge is -2.27. The maximum atomic E-state index is 12.4. The number of nitrogens with zero attached hydrogens (tertiary/aromatic N) is 3. The molecule has 19 heavy (non-hydrogen) atoms. The van der Waals surface area contributed by atoms with Gasteiger partial charge in [0.1, 0.15) is 6.04 Å². The first-order chi connectivity index (χ1) is 9.01. The standard InChI is InChI=1S/C13H17N3O3/c1-13(5-4-10(17)7-13)11(15-19)12(18)16-6-2-3-9(16)8-14/h2,6,9-10,17,19H,3-5,7H2,1H3/b15-11-. The molecule has 0 saturated heterocycles. The van der Waals surface area contributed by atoms with E-state index in [2.05, 4.69) is 5.16 Å². The van der Waals surface area contributed by atoms with Crippen molar-refractivity contribution in [2.45, 2.75) is 44.8 Å². The summed E-state index contributed by atoms with van der Waals surface area (Å²) in [6.07, 6.45) is 4.88. The summed E-state index contributed by atoms with van der Waals surface area (Å²) in [5.74, 6) is -0.459. The van der Waals surface area contributed by atoms with E-state index in [-0.39, 0.29) is 5.71 Å². The molecular formula is C13H17N3O3. The minimum Gasteiger partial charge on any atom is -0.410 e. The number of hydrogen-bond donors (Lipinski definition) is 2. The molecule has 1 aliphatic heterocycles. The van der Waals surface area contributed by atoms with Crippen LogP contribution in [0.25, 0.3) is 0 Å². The Morgan fingerprint density at radius 1 is 1.63 bits per heavy atom. The van der Waals surface area contributed by atoms with Crippen molar-refractivity contribution < 1.29 is 15.1 Å². The summed E-state index contributed by atoms with van der Waals surface area (Å²) in [4.78, 5) is 13.7. The smallest absolute Gasteiger partial charge is 0.277 e. The van der Waals surface area contributed by atoms with Crippen molar-refractivity contribution in [3.05, 3.63) is 12.3 Å². The first kappa shape index (κ1) is 13.6. The average molecular weight is 263 g/mol. The van der Waals surface area contributed by atoms with Crippen molar-refractivity contribution in [1.29, 1.82) is 5.26 Å². The third-order valence-electron chi connectivity index (χ3n) is 3.93. The molecule has 0 radical (unpaired) electrons. The van der Waals surface area contributed by atoms with E-state index < -0.39 is 23.5 Å². The van der Waals surface area contributed by atoms with Crippen LogP contribution in [0.5, 0.6) is 0 Å². The van der Waals surface area contributed by atoms with Crippen molar-refractivity contribution in [1.82, 2.24) is 4.90 Å². The maximum absolute atomic E-state index is 12.4. The van der Waals surface area contributed by atoms with Gasteiger partial charge >= 0.3 is 0 Å². The number of nitriles is 1. The first-order valence-corrected chi connectivity index (χ1v) is 6.31. The van der Waals surface area contributed by atoms with E-state index in [9.17, 15) is 15.1 Å². The minimum absolute atomic E-state index is 0.0239. The number of carbonyl (C=O) groups excluding carboxylic acids is 1. The highest BCUT2D eigenvalue weighted by Gasteiger charge is 2.44. The summed E-state index contributed by atoms with van der Waals surface area (Å²) < 4.78 is 0. The van der Waals surface area contributed by atoms with Gasteiger partial charge < -0.3 is 10.3 Å². The lowest BCUT2D eigenvalue weighted by Crippen LogP contribution is -2.43. The summed E-state index contributed by atoms with van der Waals surface area (Å²) in [5, 5.41) is 31.0. The fourth-order valence-corrected chi connectivity index (χ4v) is 2.81. The number of amides is 1. The van der Waals surface area contributed by atoms with Crippen molar-refractivity contribution in [2.75, 3.05) is 0 Å². The second-order valence-electron chi connectivity index (χ2n) is 5.38. The SMILES string of the molecule is CC1(/C(=N\O)C(=O)N2C=CCC2C#N)CCC(O)C1. The van der Waals surface area contributed by atoms with Gasteiger partial charge in [0.2, 0.25) is 0 Å². The van der Waals surface area contributed by atoms with Crippen LogP contribution in [0.15, 0.2) is 17.4 Å². The highest BCUT2D eigenvalue weighted by Crippen LogP contribution is 2.40. The van der Waals surface area contributed by atoms with Gasteiger partial charge in [-0.2, -0.15) is 5.26 Å². The van der Waals surface area contributed by atoms with Gasteiger partial charge in [0.25, 0.3) is 5.91 Å². The van der Waals surface area contributed by atoms with Gasteiger partial charge in [0.15, 0.2) is 5.71 Å². The highest BCUT2D eigenvalue weighted by molar-refractivity contribution is 6.41. The lowest BCUT2D eigenvalue weighted by molar-refractivity contribution is -0.123. The summed E-state index contributed by atoms with van der Waals surface area (Å²) in [7, 11) is 0. The van der Waals surface area contributed by atoms with Crippen LogP contribution < -0.4 is 0 Å². The topological polar surface area (TPSA) is 96.9 Å². The summed E-state index contributed by atoms with van der Waals surface area (Å²) >= 11 is 0. The predicted molar refractivity (Wildman–Crippen MR) is 67.2 cm³/mol. The zero-order valence-corrected chi connectivity index (χ0v) is 10.8. The average Bonchev–Trinajstić information content (AvgIpc) is 2.97. The molecule has 1 saturated carbocycles. The van der Waals surface area contributed by atoms with E-state index in [1.54, 1.807) is 19.2 Å². The molecule has 2 N–H and O–H groups in total. The molecule has 1 aliphatic carbocycles. The molecule has 3 unspecified atom stereocenters. The molecular weight excluding hydrogens is 246 g/mol. The van der Waals surface area contributed by atoms with E-state index in [0.717, 1.165) is 0 Å². The third-order valence-corrected chi connectivity index (χ3v) is 3.93. The molecule has 2 rings (SSSR count). The largest absolute Gasteiger partial charge is 0.410 e. The quantitative estimate of drug-likeness (QED) is 0.441. The fourth-order valence-electron chi connectivity index (χ4n) is 2.81. The summed E-state index contributed by atoms with van der Waals surface area (Å²) in [6.45, 7) is 1.80. The molecule has 6 heteroatoms. The molecule has 0 bridgehead atoms. The van der Waals surface area contributed by atoms with E-state index in [1.807, 2.05) is 6.07 Å². The van der Waals surface area contributed by atoms with Gasteiger partial charge in [-0.3, -0.25) is 9.69 Å². The molecule has 6 nitrogen and oxygen atoms in total. The highest BCUT2D eigenvalue weighted by atomic mass is 16.4. The second-order valence-corrected chi connectivity index (χ2v) is 5.38. The second kappa shape index (κ2) is 5.02. The van der Waals surface area contributed by atoms with Crippen LogP contribution in [-0.4, -0.2) is 39.0 Å². The number of carbonyl (C=O) groups is 1. The fraction of sp³-hybridized carbons (Fsp3) is 0.615. The Hall–Kier alpha value is -1.87. The normalized spacial score (nSPS) is 34.6. The van der Waals surface area contributed by atoms with Gasteiger partial charge in [-0.1, -0.05) is 18.2 Å². The molecule has 3 atom stereocenters. The molecule has 0 spiro atoms. The minimum atomic E-state index is -0.637. The van der Waals surface area contributed by atoms with Crippen LogP contribution >= 0.6 is 0 Å². The molecule has 1 fully saturated rings. The molecule has 102 valence electrons. The van der Waals surface area contributed by atoms with Crippen LogP contribution in [0.4, 0.5) is 0 Å². The Morgan fingerprint density at radius 2 is 2.37 bits per heavy atom. The van der Waals surface area contributed by atoms with E-state index in [0.29, 0.717) is 25.7 Å². The predicted octanol–water partition coefficient (Wildman–Crippen LogP) is 1.01. The van der Waals surface area contributed by atoms with Crippen LogP contribution in [0.2, 0.25) is 0 Å². The molecule has 0 aromatic rings. The lowest BCUT2D eigenvalue weighted by atomic mass is 9.82. The molecule has 1 heterocycles. The van der Waals surface area contributed by atoms with Gasteiger partial charge in [-0.25, -0.2) is 0 Å². The number of hydrogen-bond acceptors (Lipinski definition) is 5. The number of rotatable bonds is 2. The number of aliphatic hydroxyl groups is 1. The monoisotopic (exact) mass is 263 g/mol. The van der Waals surface area contributed by atoms with Crippen molar-refractivity contribution in [2.24, 2.45) is 10.6 Å². The Kier molecular flexibility index (Phi) is 3.58. The first-order valence-electron chi connectivity index (χ1n) is 6.31. The zero-order chi connectivity index (χ0) is 14.0. The van der Waals surface area contributed by atoms with E-state index >= 15 is 0 Å². The van der Waals surface area contributed by atoms with Crippen molar-refractivity contribution >= 4 is 11.6 Å². The zero-order valence-electron chi connectivity index (χ0n) is 10.8. The number of aliphatic hydroxyl groups excluding tert-OH is 1. The number of oxime groups is 1. The van der Waals surface area contributed by atoms with E-state index in [1.165, 1.54) is 4.90 Å². The van der Waals surface area contributed by atoms with Crippen LogP contribution in [0, 0.1) is 16.7 Å². The van der Waals surface area contributed by atoms with Gasteiger partial charge in [0.05, 0.1) is 12.2 Å². The third kappa shape index (κ3) is 2.34. The van der Waals surface area contributed by atoms with Gasteiger partial charge in [0, 0.05) is 18.0 Å². The van der Waals surface area contributed by atoms with Gasteiger partial charge in [-0.15, -0.1) is 0 Å².